The summed E-state index contributed by atoms with van der Waals surface area (Å²) in [6.07, 6.45) is 1.12. The summed E-state index contributed by atoms with van der Waals surface area (Å²) < 4.78 is 10.6. The van der Waals surface area contributed by atoms with Crippen LogP contribution in [-0.4, -0.2) is 25.0 Å². The third kappa shape index (κ3) is 5.22. The standard InChI is InChI=1S/C19H19Cl2NO3S/c20-15-2-1-3-16(21)14(15)11-26-9-8-22-19(23)7-5-13-4-6-17-18(10-13)25-12-24-17/h1-4,6,10H,5,7-9,11-12H2,(H,22,23). The number of carbonyl (C=O) groups is 1. The van der Waals surface area contributed by atoms with E-state index in [1.807, 2.05) is 36.4 Å². The Kier molecular flexibility index (Phi) is 6.94. The molecule has 7 heteroatoms. The van der Waals surface area contributed by atoms with E-state index < -0.39 is 0 Å². The maximum Gasteiger partial charge on any atom is 0.231 e. The first-order valence-corrected chi connectivity index (χ1v) is 10.2. The summed E-state index contributed by atoms with van der Waals surface area (Å²) in [4.78, 5) is 12.0. The van der Waals surface area contributed by atoms with E-state index >= 15 is 0 Å². The number of hydrogen-bond donors (Lipinski definition) is 1. The van der Waals surface area contributed by atoms with Crippen molar-refractivity contribution in [3.63, 3.8) is 0 Å². The van der Waals surface area contributed by atoms with Gasteiger partial charge < -0.3 is 14.8 Å². The molecule has 1 aliphatic heterocycles. The van der Waals surface area contributed by atoms with Crippen LogP contribution in [0.2, 0.25) is 10.0 Å². The molecule has 0 bridgehead atoms. The van der Waals surface area contributed by atoms with E-state index in [0.717, 1.165) is 34.1 Å². The maximum atomic E-state index is 12.0. The predicted molar refractivity (Wildman–Crippen MR) is 107 cm³/mol. The molecule has 0 aliphatic carbocycles. The summed E-state index contributed by atoms with van der Waals surface area (Å²) in [7, 11) is 0. The quantitative estimate of drug-likeness (QED) is 0.639. The number of ether oxygens (including phenoxy) is 2. The van der Waals surface area contributed by atoms with Crippen molar-refractivity contribution < 1.29 is 14.3 Å². The van der Waals surface area contributed by atoms with Crippen LogP contribution in [0.5, 0.6) is 11.5 Å². The van der Waals surface area contributed by atoms with Crippen LogP contribution < -0.4 is 14.8 Å². The average Bonchev–Trinajstić information content (AvgIpc) is 3.09. The minimum absolute atomic E-state index is 0.0408. The zero-order chi connectivity index (χ0) is 18.4. The number of thioether (sulfide) groups is 1. The van der Waals surface area contributed by atoms with Gasteiger partial charge in [-0.1, -0.05) is 35.3 Å². The number of nitrogens with one attached hydrogen (secondary N) is 1. The van der Waals surface area contributed by atoms with Crippen molar-refractivity contribution in [1.29, 1.82) is 0 Å². The van der Waals surface area contributed by atoms with E-state index in [1.54, 1.807) is 11.8 Å². The fraction of sp³-hybridized carbons (Fsp3) is 0.316. The Morgan fingerprint density at radius 2 is 1.88 bits per heavy atom. The molecular weight excluding hydrogens is 393 g/mol. The number of benzene rings is 2. The SMILES string of the molecule is O=C(CCc1ccc2c(c1)OCO2)NCCSCc1c(Cl)cccc1Cl. The predicted octanol–water partition coefficient (Wildman–Crippen LogP) is 4.70. The summed E-state index contributed by atoms with van der Waals surface area (Å²) in [6, 6.07) is 11.3. The van der Waals surface area contributed by atoms with Gasteiger partial charge in [-0.15, -0.1) is 0 Å². The molecule has 1 aliphatic rings. The second kappa shape index (κ2) is 9.40. The van der Waals surface area contributed by atoms with Gasteiger partial charge in [0.15, 0.2) is 11.5 Å². The lowest BCUT2D eigenvalue weighted by Gasteiger charge is -2.08. The summed E-state index contributed by atoms with van der Waals surface area (Å²) in [6.45, 7) is 0.878. The van der Waals surface area contributed by atoms with Gasteiger partial charge in [-0.25, -0.2) is 0 Å². The van der Waals surface area contributed by atoms with Crippen molar-refractivity contribution in [1.82, 2.24) is 5.32 Å². The Hall–Kier alpha value is -1.56. The van der Waals surface area contributed by atoms with Gasteiger partial charge in [0, 0.05) is 34.5 Å². The number of aryl methyl sites for hydroxylation is 1. The van der Waals surface area contributed by atoms with Crippen LogP contribution in [0.4, 0.5) is 0 Å². The van der Waals surface area contributed by atoms with Crippen molar-refractivity contribution >= 4 is 40.9 Å². The summed E-state index contributed by atoms with van der Waals surface area (Å²) in [5.74, 6) is 3.08. The van der Waals surface area contributed by atoms with Crippen molar-refractivity contribution in [2.75, 3.05) is 19.1 Å². The van der Waals surface area contributed by atoms with Gasteiger partial charge in [0.25, 0.3) is 0 Å². The average molecular weight is 412 g/mol. The minimum Gasteiger partial charge on any atom is -0.454 e. The largest absolute Gasteiger partial charge is 0.454 e. The first-order chi connectivity index (χ1) is 12.6. The van der Waals surface area contributed by atoms with Gasteiger partial charge >= 0.3 is 0 Å². The minimum atomic E-state index is 0.0408. The van der Waals surface area contributed by atoms with Crippen LogP contribution in [0.25, 0.3) is 0 Å². The number of amides is 1. The second-order valence-corrected chi connectivity index (χ2v) is 7.71. The summed E-state index contributed by atoms with van der Waals surface area (Å²) in [5, 5.41) is 4.30. The Labute approximate surface area is 167 Å². The van der Waals surface area contributed by atoms with Crippen LogP contribution >= 0.6 is 35.0 Å². The summed E-state index contributed by atoms with van der Waals surface area (Å²) in [5.41, 5.74) is 2.00. The van der Waals surface area contributed by atoms with E-state index in [-0.39, 0.29) is 12.7 Å². The highest BCUT2D eigenvalue weighted by atomic mass is 35.5. The van der Waals surface area contributed by atoms with Gasteiger partial charge in [0.1, 0.15) is 0 Å². The summed E-state index contributed by atoms with van der Waals surface area (Å²) >= 11 is 14.0. The lowest BCUT2D eigenvalue weighted by atomic mass is 10.1. The molecule has 4 nitrogen and oxygen atoms in total. The zero-order valence-electron chi connectivity index (χ0n) is 14.1. The van der Waals surface area contributed by atoms with E-state index in [0.29, 0.717) is 29.4 Å². The molecule has 1 heterocycles. The van der Waals surface area contributed by atoms with E-state index in [1.165, 1.54) is 0 Å². The molecule has 0 radical (unpaired) electrons. The van der Waals surface area contributed by atoms with Crippen molar-refractivity contribution in [2.45, 2.75) is 18.6 Å². The highest BCUT2D eigenvalue weighted by Crippen LogP contribution is 2.32. The van der Waals surface area contributed by atoms with E-state index in [2.05, 4.69) is 5.32 Å². The smallest absolute Gasteiger partial charge is 0.231 e. The lowest BCUT2D eigenvalue weighted by molar-refractivity contribution is -0.120. The van der Waals surface area contributed by atoms with Crippen molar-refractivity contribution in [2.24, 2.45) is 0 Å². The molecule has 3 rings (SSSR count). The molecule has 0 spiro atoms. The topological polar surface area (TPSA) is 47.6 Å². The number of halogens is 2. The molecule has 138 valence electrons. The molecule has 1 amide bonds. The molecule has 0 aromatic heterocycles. The van der Waals surface area contributed by atoms with Crippen molar-refractivity contribution in [3.05, 3.63) is 57.6 Å². The number of carbonyl (C=O) groups excluding carboxylic acids is 1. The molecule has 2 aromatic rings. The molecule has 0 fully saturated rings. The molecule has 0 unspecified atom stereocenters. The molecule has 26 heavy (non-hydrogen) atoms. The van der Waals surface area contributed by atoms with Crippen LogP contribution in [0.15, 0.2) is 36.4 Å². The Morgan fingerprint density at radius 3 is 2.69 bits per heavy atom. The van der Waals surface area contributed by atoms with Gasteiger partial charge in [0.05, 0.1) is 0 Å². The van der Waals surface area contributed by atoms with Crippen LogP contribution in [0, 0.1) is 0 Å². The highest BCUT2D eigenvalue weighted by Gasteiger charge is 2.13. The number of fused-ring (bicyclic) bond motifs is 1. The number of rotatable bonds is 8. The molecule has 0 saturated carbocycles. The van der Waals surface area contributed by atoms with Gasteiger partial charge in [-0.3, -0.25) is 4.79 Å². The van der Waals surface area contributed by atoms with Gasteiger partial charge in [-0.05, 0) is 41.8 Å². The molecule has 2 aromatic carbocycles. The maximum absolute atomic E-state index is 12.0. The molecule has 1 N–H and O–H groups in total. The monoisotopic (exact) mass is 411 g/mol. The van der Waals surface area contributed by atoms with Gasteiger partial charge in [-0.2, -0.15) is 11.8 Å². The molecule has 0 atom stereocenters. The Morgan fingerprint density at radius 1 is 1.12 bits per heavy atom. The zero-order valence-corrected chi connectivity index (χ0v) is 16.4. The highest BCUT2D eigenvalue weighted by molar-refractivity contribution is 7.98. The van der Waals surface area contributed by atoms with E-state index in [4.69, 9.17) is 32.7 Å². The van der Waals surface area contributed by atoms with Crippen LogP contribution in [-0.2, 0) is 17.0 Å². The first kappa shape index (κ1) is 19.2. The Balaban J connectivity index is 1.33. The third-order valence-corrected chi connectivity index (χ3v) is 5.65. The lowest BCUT2D eigenvalue weighted by Crippen LogP contribution is -2.25. The van der Waals surface area contributed by atoms with Gasteiger partial charge in [0.2, 0.25) is 12.7 Å². The van der Waals surface area contributed by atoms with Crippen molar-refractivity contribution in [3.8, 4) is 11.5 Å². The Bertz CT molecular complexity index is 765. The van der Waals surface area contributed by atoms with E-state index in [9.17, 15) is 4.79 Å². The third-order valence-electron chi connectivity index (χ3n) is 3.95. The normalized spacial score (nSPS) is 12.2. The molecule has 0 saturated heterocycles. The first-order valence-electron chi connectivity index (χ1n) is 8.29. The number of hydrogen-bond acceptors (Lipinski definition) is 4. The fourth-order valence-corrected chi connectivity index (χ4v) is 4.15. The van der Waals surface area contributed by atoms with Crippen LogP contribution in [0.1, 0.15) is 17.5 Å². The molecular formula is C19H19Cl2NO3S. The fourth-order valence-electron chi connectivity index (χ4n) is 2.55. The van der Waals surface area contributed by atoms with Crippen LogP contribution in [0.3, 0.4) is 0 Å². The second-order valence-electron chi connectivity index (χ2n) is 5.79.